The van der Waals surface area contributed by atoms with E-state index in [1.54, 1.807) is 50.2 Å². The van der Waals surface area contributed by atoms with Crippen LogP contribution >= 0.6 is 0 Å². The molecule has 0 unspecified atom stereocenters. The topological polar surface area (TPSA) is 161 Å². The molecule has 2 amide bonds. The third-order valence-corrected chi connectivity index (χ3v) is 11.3. The number of amides is 2. The van der Waals surface area contributed by atoms with Crippen LogP contribution in [-0.2, 0) is 28.1 Å². The first-order valence-corrected chi connectivity index (χ1v) is 18.4. The number of rotatable bonds is 11. The van der Waals surface area contributed by atoms with Crippen LogP contribution in [0.4, 0.5) is 11.5 Å². The normalized spacial score (nSPS) is 20.3. The lowest BCUT2D eigenvalue weighted by atomic mass is 9.68. The molecule has 2 fully saturated rings. The van der Waals surface area contributed by atoms with Crippen molar-refractivity contribution < 1.29 is 24.0 Å². The Labute approximate surface area is 308 Å². The van der Waals surface area contributed by atoms with Crippen molar-refractivity contribution in [3.05, 3.63) is 75.7 Å². The standard InChI is InChI=1S/C38H47N9O6/c1-26(48)39-14-6-15-45-16-11-28-21-33(52-2)34(53-3)22-31(28)38(45)12-9-27(10-13-38)37(49)44-19-17-43(18-20-44)35-30-23-42-46(36(30)41-25-40-35)24-29-7-4-5-8-32(29)47(50)51/h4-5,7-8,21-23,25,27H,6,9-20,24H2,1-3H3,(H,39,48)/t27-,38+. The van der Waals surface area contributed by atoms with Crippen LogP contribution in [0.15, 0.2) is 48.9 Å². The monoisotopic (exact) mass is 725 g/mol. The molecule has 2 aliphatic heterocycles. The number of carbonyl (C=O) groups excluding carboxylic acids is 2. The van der Waals surface area contributed by atoms with Gasteiger partial charge in [0.15, 0.2) is 17.1 Å². The Balaban J connectivity index is 1.02. The highest BCUT2D eigenvalue weighted by molar-refractivity contribution is 5.87. The van der Waals surface area contributed by atoms with E-state index in [0.29, 0.717) is 43.9 Å². The third kappa shape index (κ3) is 7.09. The molecule has 53 heavy (non-hydrogen) atoms. The Kier molecular flexibility index (Phi) is 10.4. The number of nitrogens with one attached hydrogen (secondary N) is 1. The van der Waals surface area contributed by atoms with Gasteiger partial charge in [0.1, 0.15) is 12.1 Å². The number of fused-ring (bicyclic) bond motifs is 3. The fourth-order valence-corrected chi connectivity index (χ4v) is 8.62. The van der Waals surface area contributed by atoms with Gasteiger partial charge >= 0.3 is 0 Å². The van der Waals surface area contributed by atoms with Crippen LogP contribution in [0, 0.1) is 16.0 Å². The van der Waals surface area contributed by atoms with Gasteiger partial charge in [0.05, 0.1) is 42.8 Å². The number of aromatic nitrogens is 4. The van der Waals surface area contributed by atoms with Gasteiger partial charge in [-0.15, -0.1) is 0 Å². The molecular formula is C38H47N9O6. The number of hydrogen-bond donors (Lipinski definition) is 1. The first-order valence-electron chi connectivity index (χ1n) is 18.4. The van der Waals surface area contributed by atoms with Gasteiger partial charge < -0.3 is 24.6 Å². The number of piperazine rings is 1. The number of nitro benzene ring substituents is 1. The zero-order valence-corrected chi connectivity index (χ0v) is 30.6. The highest BCUT2D eigenvalue weighted by Crippen LogP contribution is 2.50. The van der Waals surface area contributed by atoms with Crippen LogP contribution in [0.2, 0.25) is 0 Å². The van der Waals surface area contributed by atoms with E-state index in [9.17, 15) is 19.7 Å². The SMILES string of the molecule is COc1cc2c(cc1OC)[C@]1(CC[C@H](C(=O)N3CCN(c4ncnc5c4cnn5Cc4ccccc4[N+](=O)[O-])CC3)CC1)N(CCCNC(C)=O)CC2. The summed E-state index contributed by atoms with van der Waals surface area (Å²) in [5.41, 5.74) is 3.51. The van der Waals surface area contributed by atoms with Crippen molar-refractivity contribution >= 4 is 34.4 Å². The number of methoxy groups -OCH3 is 2. The molecule has 1 N–H and O–H groups in total. The molecule has 1 spiro atoms. The van der Waals surface area contributed by atoms with E-state index in [4.69, 9.17) is 9.47 Å². The van der Waals surface area contributed by atoms with Crippen LogP contribution in [0.3, 0.4) is 0 Å². The van der Waals surface area contributed by atoms with Gasteiger partial charge in [-0.05, 0) is 61.8 Å². The molecule has 7 rings (SSSR count). The number of nitrogens with zero attached hydrogens (tertiary/aromatic N) is 8. The van der Waals surface area contributed by atoms with E-state index < -0.39 is 0 Å². The lowest BCUT2D eigenvalue weighted by molar-refractivity contribution is -0.385. The number of benzene rings is 2. The van der Waals surface area contributed by atoms with Gasteiger partial charge in [0, 0.05) is 70.3 Å². The minimum Gasteiger partial charge on any atom is -0.493 e. The molecule has 1 saturated heterocycles. The van der Waals surface area contributed by atoms with E-state index in [-0.39, 0.29) is 40.4 Å². The molecule has 2 aromatic heterocycles. The van der Waals surface area contributed by atoms with Crippen molar-refractivity contribution in [2.45, 2.75) is 57.5 Å². The lowest BCUT2D eigenvalue weighted by Gasteiger charge is -2.52. The zero-order chi connectivity index (χ0) is 37.1. The molecular weight excluding hydrogens is 678 g/mol. The molecule has 1 aliphatic carbocycles. The maximum absolute atomic E-state index is 14.0. The largest absolute Gasteiger partial charge is 0.493 e. The van der Waals surface area contributed by atoms with Crippen molar-refractivity contribution in [1.29, 1.82) is 0 Å². The molecule has 15 heteroatoms. The average molecular weight is 726 g/mol. The first kappa shape index (κ1) is 36.1. The Hall–Kier alpha value is -5.31. The first-order chi connectivity index (χ1) is 25.7. The molecule has 0 atom stereocenters. The van der Waals surface area contributed by atoms with Crippen molar-refractivity contribution in [2.75, 3.05) is 64.9 Å². The van der Waals surface area contributed by atoms with E-state index in [1.165, 1.54) is 23.5 Å². The molecule has 1 saturated carbocycles. The van der Waals surface area contributed by atoms with E-state index in [0.717, 1.165) is 74.3 Å². The number of nitro groups is 1. The highest BCUT2D eigenvalue weighted by atomic mass is 16.6. The van der Waals surface area contributed by atoms with Gasteiger partial charge in [0.2, 0.25) is 11.8 Å². The highest BCUT2D eigenvalue weighted by Gasteiger charge is 2.47. The fraction of sp³-hybridized carbons (Fsp3) is 0.500. The van der Waals surface area contributed by atoms with Gasteiger partial charge in [-0.3, -0.25) is 24.6 Å². The van der Waals surface area contributed by atoms with Crippen molar-refractivity contribution in [2.24, 2.45) is 5.92 Å². The molecule has 3 aliphatic rings. The number of ether oxygens (including phenoxy) is 2. The van der Waals surface area contributed by atoms with E-state index in [1.807, 2.05) is 4.90 Å². The van der Waals surface area contributed by atoms with Crippen LogP contribution in [0.5, 0.6) is 11.5 Å². The third-order valence-electron chi connectivity index (χ3n) is 11.3. The average Bonchev–Trinajstić information content (AvgIpc) is 3.59. The van der Waals surface area contributed by atoms with Crippen LogP contribution < -0.4 is 19.7 Å². The van der Waals surface area contributed by atoms with E-state index in [2.05, 4.69) is 42.3 Å². The van der Waals surface area contributed by atoms with Crippen molar-refractivity contribution in [3.8, 4) is 11.5 Å². The number of anilines is 1. The molecule has 4 heterocycles. The van der Waals surface area contributed by atoms with E-state index >= 15 is 0 Å². The second kappa shape index (κ2) is 15.3. The second-order valence-corrected chi connectivity index (χ2v) is 14.2. The quantitative estimate of drug-likeness (QED) is 0.136. The molecule has 4 aromatic rings. The van der Waals surface area contributed by atoms with Crippen molar-refractivity contribution in [1.82, 2.24) is 34.9 Å². The maximum Gasteiger partial charge on any atom is 0.274 e. The molecule has 2 aromatic carbocycles. The summed E-state index contributed by atoms with van der Waals surface area (Å²) < 4.78 is 13.1. The van der Waals surface area contributed by atoms with Gasteiger partial charge in [-0.1, -0.05) is 18.2 Å². The Bertz CT molecular complexity index is 1980. The minimum atomic E-state index is -0.384. The Morgan fingerprint density at radius 1 is 1.02 bits per heavy atom. The summed E-state index contributed by atoms with van der Waals surface area (Å²) in [6.07, 6.45) is 8.28. The summed E-state index contributed by atoms with van der Waals surface area (Å²) in [6.45, 7) is 6.59. The molecule has 280 valence electrons. The van der Waals surface area contributed by atoms with Crippen LogP contribution in [0.25, 0.3) is 11.0 Å². The fourth-order valence-electron chi connectivity index (χ4n) is 8.62. The number of hydrogen-bond acceptors (Lipinski definition) is 11. The smallest absolute Gasteiger partial charge is 0.274 e. The number of carbonyl (C=O) groups is 2. The predicted molar refractivity (Wildman–Crippen MR) is 198 cm³/mol. The summed E-state index contributed by atoms with van der Waals surface area (Å²) in [5, 5.41) is 19.8. The summed E-state index contributed by atoms with van der Waals surface area (Å²) in [7, 11) is 3.34. The minimum absolute atomic E-state index is 0.0178. The maximum atomic E-state index is 14.0. The Morgan fingerprint density at radius 2 is 1.75 bits per heavy atom. The predicted octanol–water partition coefficient (Wildman–Crippen LogP) is 3.92. The molecule has 0 bridgehead atoms. The van der Waals surface area contributed by atoms with Gasteiger partial charge in [-0.2, -0.15) is 5.10 Å². The van der Waals surface area contributed by atoms with Gasteiger partial charge in [-0.25, -0.2) is 14.6 Å². The van der Waals surface area contributed by atoms with Crippen LogP contribution in [0.1, 0.15) is 55.7 Å². The van der Waals surface area contributed by atoms with Crippen molar-refractivity contribution in [3.63, 3.8) is 0 Å². The zero-order valence-electron chi connectivity index (χ0n) is 30.6. The summed E-state index contributed by atoms with van der Waals surface area (Å²) >= 11 is 0. The Morgan fingerprint density at radius 3 is 2.47 bits per heavy atom. The number of para-hydroxylation sites is 1. The molecule has 15 nitrogen and oxygen atoms in total. The van der Waals surface area contributed by atoms with Gasteiger partial charge in [0.25, 0.3) is 5.69 Å². The second-order valence-electron chi connectivity index (χ2n) is 14.2. The lowest BCUT2D eigenvalue weighted by Crippen LogP contribution is -2.55. The van der Waals surface area contributed by atoms with Crippen LogP contribution in [-0.4, -0.2) is 106 Å². The summed E-state index contributed by atoms with van der Waals surface area (Å²) in [6, 6.07) is 10.9. The summed E-state index contributed by atoms with van der Waals surface area (Å²) in [5.74, 6) is 2.34. The molecule has 0 radical (unpaired) electrons. The summed E-state index contributed by atoms with van der Waals surface area (Å²) in [4.78, 5) is 52.6.